The average Bonchev–Trinajstić information content (AvgIpc) is 2.57. The largest absolute Gasteiger partial charge is 0.493 e. The van der Waals surface area contributed by atoms with Gasteiger partial charge in [-0.3, -0.25) is 4.90 Å². The molecule has 1 heterocycles. The van der Waals surface area contributed by atoms with E-state index in [4.69, 9.17) is 21.1 Å². The van der Waals surface area contributed by atoms with Crippen molar-refractivity contribution >= 4 is 11.6 Å². The van der Waals surface area contributed by atoms with Crippen LogP contribution in [0.3, 0.4) is 0 Å². The minimum absolute atomic E-state index is 0.271. The van der Waals surface area contributed by atoms with Gasteiger partial charge in [0.1, 0.15) is 0 Å². The number of methoxy groups -OCH3 is 2. The molecule has 1 atom stereocenters. The number of ether oxygens (including phenoxy) is 2. The Bertz CT molecular complexity index is 502. The Morgan fingerprint density at radius 3 is 2.64 bits per heavy atom. The van der Waals surface area contributed by atoms with Crippen molar-refractivity contribution in [3.63, 3.8) is 0 Å². The van der Waals surface area contributed by atoms with Gasteiger partial charge in [-0.05, 0) is 24.5 Å². The van der Waals surface area contributed by atoms with Crippen LogP contribution in [0.5, 0.6) is 11.5 Å². The molecule has 0 aromatic heterocycles. The molecule has 1 aromatic carbocycles. The van der Waals surface area contributed by atoms with Gasteiger partial charge >= 0.3 is 0 Å². The summed E-state index contributed by atoms with van der Waals surface area (Å²) in [6.07, 6.45) is 3.92. The third-order valence-electron chi connectivity index (χ3n) is 4.11. The van der Waals surface area contributed by atoms with Crippen molar-refractivity contribution in [3.05, 3.63) is 35.4 Å². The molecule has 5 heteroatoms. The summed E-state index contributed by atoms with van der Waals surface area (Å²) in [5.41, 5.74) is 1.10. The summed E-state index contributed by atoms with van der Waals surface area (Å²) >= 11 is 6.61. The Labute approximate surface area is 138 Å². The first-order chi connectivity index (χ1) is 10.7. The second-order valence-electron chi connectivity index (χ2n) is 5.37. The standard InChI is InChI=1S/C17H25ClN2O2/c1-4-5-6-14(20-11-9-19-10-12-20)13-7-8-15(21-2)17(22-3)16(13)18/h4,7-8,14,19H,1,5-6,9-12H2,2-3H3/t14-/m0/s1. The Morgan fingerprint density at radius 2 is 2.05 bits per heavy atom. The zero-order valence-electron chi connectivity index (χ0n) is 13.4. The van der Waals surface area contributed by atoms with Crippen LogP contribution < -0.4 is 14.8 Å². The van der Waals surface area contributed by atoms with E-state index < -0.39 is 0 Å². The van der Waals surface area contributed by atoms with E-state index in [2.05, 4.69) is 22.9 Å². The van der Waals surface area contributed by atoms with Crippen LogP contribution in [0.1, 0.15) is 24.4 Å². The maximum Gasteiger partial charge on any atom is 0.179 e. The van der Waals surface area contributed by atoms with Crippen molar-refractivity contribution in [3.8, 4) is 11.5 Å². The molecule has 4 nitrogen and oxygen atoms in total. The third kappa shape index (κ3) is 3.75. The van der Waals surface area contributed by atoms with E-state index >= 15 is 0 Å². The summed E-state index contributed by atoms with van der Waals surface area (Å²) in [5, 5.41) is 4.04. The van der Waals surface area contributed by atoms with Gasteiger partial charge in [0.25, 0.3) is 0 Å². The van der Waals surface area contributed by atoms with E-state index in [1.165, 1.54) is 0 Å². The lowest BCUT2D eigenvalue weighted by atomic mass is 9.98. The normalized spacial score (nSPS) is 17.0. The summed E-state index contributed by atoms with van der Waals surface area (Å²) in [6, 6.07) is 4.26. The first-order valence-electron chi connectivity index (χ1n) is 7.69. The molecule has 1 aliphatic rings. The zero-order chi connectivity index (χ0) is 15.9. The van der Waals surface area contributed by atoms with Crippen LogP contribution in [0.25, 0.3) is 0 Å². The van der Waals surface area contributed by atoms with E-state index in [0.29, 0.717) is 16.5 Å². The molecular formula is C17H25ClN2O2. The molecule has 122 valence electrons. The number of hydrogen-bond donors (Lipinski definition) is 1. The quantitative estimate of drug-likeness (QED) is 0.781. The summed E-state index contributed by atoms with van der Waals surface area (Å²) in [7, 11) is 3.25. The molecule has 0 saturated carbocycles. The van der Waals surface area contributed by atoms with Crippen LogP contribution in [0.4, 0.5) is 0 Å². The van der Waals surface area contributed by atoms with Crippen molar-refractivity contribution in [2.24, 2.45) is 0 Å². The Morgan fingerprint density at radius 1 is 1.32 bits per heavy atom. The Balaban J connectivity index is 2.35. The first kappa shape index (κ1) is 17.1. The van der Waals surface area contributed by atoms with Gasteiger partial charge < -0.3 is 14.8 Å². The van der Waals surface area contributed by atoms with E-state index in [-0.39, 0.29) is 6.04 Å². The number of benzene rings is 1. The second-order valence-corrected chi connectivity index (χ2v) is 5.75. The highest BCUT2D eigenvalue weighted by Crippen LogP contribution is 2.42. The van der Waals surface area contributed by atoms with Gasteiger partial charge in [-0.2, -0.15) is 0 Å². The van der Waals surface area contributed by atoms with Gasteiger partial charge in [-0.1, -0.05) is 23.7 Å². The van der Waals surface area contributed by atoms with E-state index in [9.17, 15) is 0 Å². The topological polar surface area (TPSA) is 33.7 Å². The average molecular weight is 325 g/mol. The van der Waals surface area contributed by atoms with Crippen LogP contribution >= 0.6 is 11.6 Å². The Kier molecular flexibility index (Phi) is 6.55. The third-order valence-corrected chi connectivity index (χ3v) is 4.50. The number of nitrogens with one attached hydrogen (secondary N) is 1. The van der Waals surface area contributed by atoms with Gasteiger partial charge in [0.15, 0.2) is 11.5 Å². The minimum Gasteiger partial charge on any atom is -0.493 e. The smallest absolute Gasteiger partial charge is 0.179 e. The molecule has 1 N–H and O–H groups in total. The Hall–Kier alpha value is -1.23. The monoisotopic (exact) mass is 324 g/mol. The van der Waals surface area contributed by atoms with Gasteiger partial charge in [-0.15, -0.1) is 6.58 Å². The fourth-order valence-corrected chi connectivity index (χ4v) is 3.33. The molecule has 22 heavy (non-hydrogen) atoms. The number of piperazine rings is 1. The van der Waals surface area contributed by atoms with Crippen LogP contribution in [-0.4, -0.2) is 45.3 Å². The summed E-state index contributed by atoms with van der Waals surface area (Å²) in [5.74, 6) is 1.28. The highest BCUT2D eigenvalue weighted by Gasteiger charge is 2.26. The minimum atomic E-state index is 0.271. The molecule has 1 saturated heterocycles. The van der Waals surface area contributed by atoms with Gasteiger partial charge in [0, 0.05) is 32.2 Å². The molecule has 0 radical (unpaired) electrons. The zero-order valence-corrected chi connectivity index (χ0v) is 14.2. The van der Waals surface area contributed by atoms with Gasteiger partial charge in [0.05, 0.1) is 19.2 Å². The predicted molar refractivity (Wildman–Crippen MR) is 91.2 cm³/mol. The summed E-state index contributed by atoms with van der Waals surface area (Å²) in [6.45, 7) is 7.91. The van der Waals surface area contributed by atoms with Crippen molar-refractivity contribution < 1.29 is 9.47 Å². The lowest BCUT2D eigenvalue weighted by Crippen LogP contribution is -2.45. The number of halogens is 1. The van der Waals surface area contributed by atoms with Crippen LogP contribution in [-0.2, 0) is 0 Å². The van der Waals surface area contributed by atoms with E-state index in [0.717, 1.165) is 44.6 Å². The fourth-order valence-electron chi connectivity index (χ4n) is 2.97. The lowest BCUT2D eigenvalue weighted by Gasteiger charge is -2.36. The SMILES string of the molecule is C=CCC[C@@H](c1ccc(OC)c(OC)c1Cl)N1CCNCC1. The maximum absolute atomic E-state index is 6.61. The maximum atomic E-state index is 6.61. The van der Waals surface area contributed by atoms with Crippen molar-refractivity contribution in [2.45, 2.75) is 18.9 Å². The molecule has 1 aromatic rings. The van der Waals surface area contributed by atoms with Crippen LogP contribution in [0, 0.1) is 0 Å². The molecule has 2 rings (SSSR count). The highest BCUT2D eigenvalue weighted by molar-refractivity contribution is 6.33. The van der Waals surface area contributed by atoms with Crippen molar-refractivity contribution in [1.82, 2.24) is 10.2 Å². The van der Waals surface area contributed by atoms with Gasteiger partial charge in [-0.25, -0.2) is 0 Å². The molecular weight excluding hydrogens is 300 g/mol. The van der Waals surface area contributed by atoms with Crippen LogP contribution in [0.2, 0.25) is 5.02 Å². The van der Waals surface area contributed by atoms with E-state index in [1.807, 2.05) is 12.1 Å². The summed E-state index contributed by atoms with van der Waals surface area (Å²) < 4.78 is 10.8. The molecule has 1 aliphatic heterocycles. The van der Waals surface area contributed by atoms with E-state index in [1.54, 1.807) is 14.2 Å². The molecule has 0 spiro atoms. The number of hydrogen-bond acceptors (Lipinski definition) is 4. The molecule has 0 unspecified atom stereocenters. The molecule has 0 amide bonds. The van der Waals surface area contributed by atoms with Crippen molar-refractivity contribution in [2.75, 3.05) is 40.4 Å². The molecule has 1 fully saturated rings. The number of rotatable bonds is 7. The lowest BCUT2D eigenvalue weighted by molar-refractivity contribution is 0.166. The molecule has 0 aliphatic carbocycles. The van der Waals surface area contributed by atoms with Crippen molar-refractivity contribution in [1.29, 1.82) is 0 Å². The second kappa shape index (κ2) is 8.42. The molecule has 0 bridgehead atoms. The fraction of sp³-hybridized carbons (Fsp3) is 0.529. The highest BCUT2D eigenvalue weighted by atomic mass is 35.5. The van der Waals surface area contributed by atoms with Crippen LogP contribution in [0.15, 0.2) is 24.8 Å². The predicted octanol–water partition coefficient (Wildman–Crippen LogP) is 3.27. The number of allylic oxidation sites excluding steroid dienone is 1. The van der Waals surface area contributed by atoms with Gasteiger partial charge in [0.2, 0.25) is 0 Å². The number of nitrogens with zero attached hydrogens (tertiary/aromatic N) is 1. The first-order valence-corrected chi connectivity index (χ1v) is 8.06. The summed E-state index contributed by atoms with van der Waals surface area (Å²) in [4.78, 5) is 2.48.